The molecule has 0 radical (unpaired) electrons. The van der Waals surface area contributed by atoms with Crippen molar-refractivity contribution in [3.63, 3.8) is 0 Å². The van der Waals surface area contributed by atoms with Crippen molar-refractivity contribution < 1.29 is 14.5 Å². The standard InChI is InChI=1S/C24H25Cl2N5O3/c25-18-2-1-3-19(26)21(18)22-17(23(34-30-22)14-4-5-14)13-33-16-8-10-31(11-9-16)15-6-7-20(28-12-15)24(27)29-32/h1-3,6-7,12,14,16,32H,4-5,8-11,13H2,(H2,27,29). The molecule has 0 spiro atoms. The number of amidine groups is 1. The van der Waals surface area contributed by atoms with Crippen molar-refractivity contribution in [3.8, 4) is 11.3 Å². The zero-order valence-corrected chi connectivity index (χ0v) is 20.0. The number of hydrogen-bond donors (Lipinski definition) is 2. The van der Waals surface area contributed by atoms with E-state index in [1.807, 2.05) is 12.1 Å². The molecule has 1 aliphatic heterocycles. The van der Waals surface area contributed by atoms with Crippen LogP contribution in [0.1, 0.15) is 48.6 Å². The SMILES string of the molecule is N/C(=N\O)c1ccc(N2CCC(OCc3c(-c4c(Cl)cccc4Cl)noc3C3CC3)CC2)cn1. The maximum Gasteiger partial charge on any atom is 0.188 e. The molecule has 0 unspecified atom stereocenters. The van der Waals surface area contributed by atoms with E-state index in [1.165, 1.54) is 0 Å². The first kappa shape index (κ1) is 23.0. The summed E-state index contributed by atoms with van der Waals surface area (Å²) in [6.45, 7) is 2.10. The van der Waals surface area contributed by atoms with Gasteiger partial charge in [0.1, 0.15) is 17.1 Å². The number of hydrogen-bond acceptors (Lipinski definition) is 7. The zero-order chi connectivity index (χ0) is 23.7. The van der Waals surface area contributed by atoms with Crippen LogP contribution >= 0.6 is 23.2 Å². The molecule has 3 N–H and O–H groups in total. The Morgan fingerprint density at radius 1 is 1.15 bits per heavy atom. The van der Waals surface area contributed by atoms with Crippen LogP contribution < -0.4 is 10.6 Å². The number of ether oxygens (including phenoxy) is 1. The predicted molar refractivity (Wildman–Crippen MR) is 131 cm³/mol. The number of benzene rings is 1. The van der Waals surface area contributed by atoms with Gasteiger partial charge < -0.3 is 25.1 Å². The van der Waals surface area contributed by atoms with Crippen molar-refractivity contribution >= 4 is 34.7 Å². The number of rotatable bonds is 7. The van der Waals surface area contributed by atoms with Gasteiger partial charge in [-0.25, -0.2) is 0 Å². The topological polar surface area (TPSA) is 110 Å². The van der Waals surface area contributed by atoms with Gasteiger partial charge in [-0.1, -0.05) is 39.6 Å². The second kappa shape index (κ2) is 9.82. The molecule has 178 valence electrons. The van der Waals surface area contributed by atoms with Crippen LogP contribution in [0, 0.1) is 0 Å². The summed E-state index contributed by atoms with van der Waals surface area (Å²) in [4.78, 5) is 6.53. The van der Waals surface area contributed by atoms with E-state index in [0.717, 1.165) is 55.8 Å². The highest BCUT2D eigenvalue weighted by Gasteiger charge is 2.34. The Bertz CT molecular complexity index is 1170. The molecule has 3 heterocycles. The van der Waals surface area contributed by atoms with Crippen LogP contribution in [-0.2, 0) is 11.3 Å². The monoisotopic (exact) mass is 501 g/mol. The van der Waals surface area contributed by atoms with E-state index >= 15 is 0 Å². The van der Waals surface area contributed by atoms with Gasteiger partial charge in [0, 0.05) is 30.1 Å². The molecular weight excluding hydrogens is 477 g/mol. The Kier molecular flexibility index (Phi) is 6.63. The van der Waals surface area contributed by atoms with E-state index in [4.69, 9.17) is 43.4 Å². The van der Waals surface area contributed by atoms with E-state index in [-0.39, 0.29) is 11.9 Å². The number of nitrogens with zero attached hydrogens (tertiary/aromatic N) is 4. The van der Waals surface area contributed by atoms with Gasteiger partial charge in [0.25, 0.3) is 0 Å². The molecule has 1 saturated carbocycles. The summed E-state index contributed by atoms with van der Waals surface area (Å²) in [5.41, 5.74) is 9.35. The molecule has 5 rings (SSSR count). The Hall–Kier alpha value is -2.81. The average Bonchev–Trinajstić information content (AvgIpc) is 3.63. The summed E-state index contributed by atoms with van der Waals surface area (Å²) < 4.78 is 12.1. The Balaban J connectivity index is 1.25. The number of aromatic nitrogens is 2. The maximum absolute atomic E-state index is 8.79. The number of oxime groups is 1. The smallest absolute Gasteiger partial charge is 0.188 e. The normalized spacial score (nSPS) is 17.4. The molecule has 2 fully saturated rings. The van der Waals surface area contributed by atoms with E-state index in [2.05, 4.69) is 20.2 Å². The molecular formula is C24H25Cl2N5O3. The third kappa shape index (κ3) is 4.71. The van der Waals surface area contributed by atoms with Crippen molar-refractivity contribution in [1.82, 2.24) is 10.1 Å². The average molecular weight is 502 g/mol. The van der Waals surface area contributed by atoms with Gasteiger partial charge in [-0.3, -0.25) is 4.98 Å². The van der Waals surface area contributed by atoms with Crippen LogP contribution in [0.4, 0.5) is 5.69 Å². The molecule has 2 aliphatic rings. The molecule has 3 aromatic rings. The molecule has 1 saturated heterocycles. The van der Waals surface area contributed by atoms with Crippen LogP contribution in [-0.4, -0.2) is 40.4 Å². The summed E-state index contributed by atoms with van der Waals surface area (Å²) in [5.74, 6) is 1.28. The van der Waals surface area contributed by atoms with Crippen molar-refractivity contribution in [2.45, 2.75) is 44.3 Å². The fraction of sp³-hybridized carbons (Fsp3) is 0.375. The fourth-order valence-corrected chi connectivity index (χ4v) is 4.88. The Morgan fingerprint density at radius 3 is 2.50 bits per heavy atom. The molecule has 0 atom stereocenters. The lowest BCUT2D eigenvalue weighted by atomic mass is 10.0. The molecule has 2 aromatic heterocycles. The number of anilines is 1. The number of piperidine rings is 1. The summed E-state index contributed by atoms with van der Waals surface area (Å²) in [7, 11) is 0. The second-order valence-corrected chi connectivity index (χ2v) is 9.44. The van der Waals surface area contributed by atoms with Gasteiger partial charge in [0.2, 0.25) is 0 Å². The molecule has 10 heteroatoms. The Morgan fingerprint density at radius 2 is 1.88 bits per heavy atom. The minimum Gasteiger partial charge on any atom is -0.409 e. The lowest BCUT2D eigenvalue weighted by Crippen LogP contribution is -2.37. The molecule has 1 aliphatic carbocycles. The summed E-state index contributed by atoms with van der Waals surface area (Å²) in [5, 5.41) is 17.2. The molecule has 1 aromatic carbocycles. The van der Waals surface area contributed by atoms with Gasteiger partial charge in [-0.05, 0) is 49.9 Å². The third-order valence-electron chi connectivity index (χ3n) is 6.35. The third-order valence-corrected chi connectivity index (χ3v) is 6.98. The van der Waals surface area contributed by atoms with E-state index < -0.39 is 0 Å². The summed E-state index contributed by atoms with van der Waals surface area (Å²) >= 11 is 12.9. The zero-order valence-electron chi connectivity index (χ0n) is 18.5. The number of pyridine rings is 1. The van der Waals surface area contributed by atoms with Crippen molar-refractivity contribution in [1.29, 1.82) is 0 Å². The second-order valence-electron chi connectivity index (χ2n) is 8.63. The highest BCUT2D eigenvalue weighted by molar-refractivity contribution is 6.39. The van der Waals surface area contributed by atoms with Gasteiger partial charge in [-0.2, -0.15) is 0 Å². The van der Waals surface area contributed by atoms with Gasteiger partial charge in [0.15, 0.2) is 5.84 Å². The quantitative estimate of drug-likeness (QED) is 0.198. The Labute approximate surface area is 207 Å². The van der Waals surface area contributed by atoms with Crippen molar-refractivity contribution in [2.75, 3.05) is 18.0 Å². The first-order valence-corrected chi connectivity index (χ1v) is 12.0. The summed E-state index contributed by atoms with van der Waals surface area (Å²) in [6, 6.07) is 9.11. The van der Waals surface area contributed by atoms with Crippen LogP contribution in [0.15, 0.2) is 46.2 Å². The van der Waals surface area contributed by atoms with Crippen LogP contribution in [0.25, 0.3) is 11.3 Å². The van der Waals surface area contributed by atoms with Crippen LogP contribution in [0.2, 0.25) is 10.0 Å². The largest absolute Gasteiger partial charge is 0.409 e. The van der Waals surface area contributed by atoms with Crippen molar-refractivity contribution in [3.05, 3.63) is 63.6 Å². The highest BCUT2D eigenvalue weighted by Crippen LogP contribution is 2.46. The lowest BCUT2D eigenvalue weighted by Gasteiger charge is -2.33. The first-order chi connectivity index (χ1) is 16.5. The van der Waals surface area contributed by atoms with Crippen LogP contribution in [0.3, 0.4) is 0 Å². The lowest BCUT2D eigenvalue weighted by molar-refractivity contribution is 0.0246. The number of halogens is 2. The molecule has 0 amide bonds. The van der Waals surface area contributed by atoms with Crippen LogP contribution in [0.5, 0.6) is 0 Å². The van der Waals surface area contributed by atoms with Gasteiger partial charge in [0.05, 0.1) is 34.6 Å². The first-order valence-electron chi connectivity index (χ1n) is 11.3. The predicted octanol–water partition coefficient (Wildman–Crippen LogP) is 5.20. The van der Waals surface area contributed by atoms with Crippen molar-refractivity contribution in [2.24, 2.45) is 10.9 Å². The minimum atomic E-state index is -0.00425. The maximum atomic E-state index is 8.79. The van der Waals surface area contributed by atoms with Gasteiger partial charge in [-0.15, -0.1) is 0 Å². The van der Waals surface area contributed by atoms with E-state index in [1.54, 1.807) is 24.4 Å². The van der Waals surface area contributed by atoms with Gasteiger partial charge >= 0.3 is 0 Å². The summed E-state index contributed by atoms with van der Waals surface area (Å²) in [6.07, 6.45) is 5.82. The molecule has 34 heavy (non-hydrogen) atoms. The fourth-order valence-electron chi connectivity index (χ4n) is 4.31. The molecule has 0 bridgehead atoms. The highest BCUT2D eigenvalue weighted by atomic mass is 35.5. The minimum absolute atomic E-state index is 0.00425. The van der Waals surface area contributed by atoms with E-state index in [9.17, 15) is 0 Å². The van der Waals surface area contributed by atoms with E-state index in [0.29, 0.717) is 39.5 Å². The molecule has 8 nitrogen and oxygen atoms in total. The number of nitrogens with two attached hydrogens (primary N) is 1.